The first kappa shape index (κ1) is 24.5. The number of anilines is 1. The van der Waals surface area contributed by atoms with Crippen molar-refractivity contribution in [1.82, 2.24) is 5.32 Å². The van der Waals surface area contributed by atoms with Gasteiger partial charge < -0.3 is 5.32 Å². The first-order valence-electron chi connectivity index (χ1n) is 11.1. The van der Waals surface area contributed by atoms with Crippen LogP contribution in [0.3, 0.4) is 0 Å². The van der Waals surface area contributed by atoms with Crippen LogP contribution in [0.15, 0.2) is 72.8 Å². The van der Waals surface area contributed by atoms with Gasteiger partial charge in [0.1, 0.15) is 0 Å². The second kappa shape index (κ2) is 10.7. The summed E-state index contributed by atoms with van der Waals surface area (Å²) in [6, 6.07) is 23.4. The molecule has 0 radical (unpaired) electrons. The Morgan fingerprint density at radius 1 is 0.848 bits per heavy atom. The first-order valence-corrected chi connectivity index (χ1v) is 13.0. The van der Waals surface area contributed by atoms with Gasteiger partial charge in [-0.3, -0.25) is 9.10 Å². The van der Waals surface area contributed by atoms with E-state index in [1.807, 2.05) is 87.5 Å². The number of aryl methyl sites for hydroxylation is 3. The van der Waals surface area contributed by atoms with Crippen LogP contribution in [-0.2, 0) is 14.8 Å². The lowest BCUT2D eigenvalue weighted by molar-refractivity contribution is -0.121. The molecule has 0 aliphatic rings. The van der Waals surface area contributed by atoms with E-state index in [-0.39, 0.29) is 24.9 Å². The van der Waals surface area contributed by atoms with E-state index in [1.165, 1.54) is 10.6 Å². The van der Waals surface area contributed by atoms with Crippen molar-refractivity contribution in [2.45, 2.75) is 39.7 Å². The van der Waals surface area contributed by atoms with Gasteiger partial charge in [0, 0.05) is 13.0 Å². The number of carbonyl (C=O) groups is 1. The second-order valence-corrected chi connectivity index (χ2v) is 10.5. The van der Waals surface area contributed by atoms with E-state index < -0.39 is 10.0 Å². The lowest BCUT2D eigenvalue weighted by Crippen LogP contribution is -2.33. The minimum absolute atomic E-state index is 0.112. The fourth-order valence-electron chi connectivity index (χ4n) is 4.05. The van der Waals surface area contributed by atoms with Crippen LogP contribution in [0.2, 0.25) is 0 Å². The maximum absolute atomic E-state index is 12.9. The second-order valence-electron chi connectivity index (χ2n) is 8.61. The van der Waals surface area contributed by atoms with Crippen LogP contribution in [-0.4, -0.2) is 27.1 Å². The van der Waals surface area contributed by atoms with Gasteiger partial charge in [0.05, 0.1) is 18.0 Å². The van der Waals surface area contributed by atoms with Crippen molar-refractivity contribution in [3.63, 3.8) is 0 Å². The van der Waals surface area contributed by atoms with Crippen molar-refractivity contribution in [3.05, 3.63) is 101 Å². The highest BCUT2D eigenvalue weighted by molar-refractivity contribution is 7.92. The van der Waals surface area contributed by atoms with Gasteiger partial charge in [-0.2, -0.15) is 0 Å². The Morgan fingerprint density at radius 3 is 2.09 bits per heavy atom. The molecule has 0 saturated heterocycles. The number of amides is 1. The molecule has 3 aromatic carbocycles. The van der Waals surface area contributed by atoms with E-state index in [4.69, 9.17) is 0 Å². The molecule has 3 aromatic rings. The minimum atomic E-state index is -3.46. The number of nitrogens with zero attached hydrogens (tertiary/aromatic N) is 1. The van der Waals surface area contributed by atoms with Crippen molar-refractivity contribution in [2.75, 3.05) is 17.1 Å². The van der Waals surface area contributed by atoms with Crippen LogP contribution in [0, 0.1) is 20.8 Å². The van der Waals surface area contributed by atoms with Gasteiger partial charge in [-0.1, -0.05) is 66.2 Å². The number of rotatable bonds is 9. The van der Waals surface area contributed by atoms with Gasteiger partial charge in [-0.15, -0.1) is 0 Å². The Bertz CT molecular complexity index is 1190. The highest BCUT2D eigenvalue weighted by Gasteiger charge is 2.20. The van der Waals surface area contributed by atoms with Gasteiger partial charge in [0.15, 0.2) is 0 Å². The molecule has 1 N–H and O–H groups in total. The molecule has 0 fully saturated rings. The molecule has 0 spiro atoms. The molecule has 0 aromatic heterocycles. The smallest absolute Gasteiger partial charge is 0.232 e. The molecular formula is C27H32N2O3S. The average molecular weight is 465 g/mol. The average Bonchev–Trinajstić information content (AvgIpc) is 2.74. The fourth-order valence-corrected chi connectivity index (χ4v) is 5.00. The molecule has 5 nitrogen and oxygen atoms in total. The van der Waals surface area contributed by atoms with Crippen molar-refractivity contribution in [1.29, 1.82) is 0 Å². The van der Waals surface area contributed by atoms with Crippen molar-refractivity contribution < 1.29 is 13.2 Å². The van der Waals surface area contributed by atoms with E-state index in [1.54, 1.807) is 0 Å². The molecule has 6 heteroatoms. The largest absolute Gasteiger partial charge is 0.345 e. The zero-order valence-corrected chi connectivity index (χ0v) is 20.5. The summed E-state index contributed by atoms with van der Waals surface area (Å²) < 4.78 is 26.3. The number of hydrogen-bond donors (Lipinski definition) is 1. The van der Waals surface area contributed by atoms with E-state index in [0.29, 0.717) is 12.1 Å². The van der Waals surface area contributed by atoms with Crippen molar-refractivity contribution >= 4 is 21.6 Å². The van der Waals surface area contributed by atoms with Gasteiger partial charge >= 0.3 is 0 Å². The van der Waals surface area contributed by atoms with E-state index in [0.717, 1.165) is 27.8 Å². The Kier molecular flexibility index (Phi) is 7.92. The Hall–Kier alpha value is -3.12. The zero-order chi connectivity index (χ0) is 24.0. The van der Waals surface area contributed by atoms with Gasteiger partial charge in [0.2, 0.25) is 15.9 Å². The van der Waals surface area contributed by atoms with Gasteiger partial charge in [0.25, 0.3) is 0 Å². The topological polar surface area (TPSA) is 66.5 Å². The Balaban J connectivity index is 1.71. The first-order chi connectivity index (χ1) is 15.6. The lowest BCUT2D eigenvalue weighted by atomic mass is 9.97. The number of nitrogens with one attached hydrogen (secondary N) is 1. The zero-order valence-electron chi connectivity index (χ0n) is 19.7. The molecule has 3 rings (SSSR count). The highest BCUT2D eigenvalue weighted by atomic mass is 32.2. The molecule has 0 saturated carbocycles. The number of benzene rings is 3. The summed E-state index contributed by atoms with van der Waals surface area (Å²) in [5, 5.41) is 3.14. The van der Waals surface area contributed by atoms with Crippen LogP contribution in [0.4, 0.5) is 5.69 Å². The third-order valence-corrected chi connectivity index (χ3v) is 6.67. The fraction of sp³-hybridized carbons (Fsp3) is 0.296. The van der Waals surface area contributed by atoms with E-state index in [9.17, 15) is 13.2 Å². The van der Waals surface area contributed by atoms with E-state index in [2.05, 4.69) is 11.4 Å². The summed E-state index contributed by atoms with van der Waals surface area (Å²) in [5.41, 5.74) is 5.78. The summed E-state index contributed by atoms with van der Waals surface area (Å²) in [6.45, 7) is 6.16. The molecule has 1 amide bonds. The van der Waals surface area contributed by atoms with Gasteiger partial charge in [-0.25, -0.2) is 8.42 Å². The molecule has 0 aliphatic carbocycles. The number of sulfonamides is 1. The molecule has 0 aliphatic heterocycles. The normalized spacial score (nSPS) is 12.2. The molecule has 0 heterocycles. The predicted octanol–water partition coefficient (Wildman–Crippen LogP) is 5.06. The van der Waals surface area contributed by atoms with Crippen LogP contribution in [0.5, 0.6) is 0 Å². The summed E-state index contributed by atoms with van der Waals surface area (Å²) in [7, 11) is -3.46. The van der Waals surface area contributed by atoms with Crippen molar-refractivity contribution in [2.24, 2.45) is 0 Å². The predicted molar refractivity (Wildman–Crippen MR) is 135 cm³/mol. The van der Waals surface area contributed by atoms with Crippen LogP contribution in [0.1, 0.15) is 46.7 Å². The summed E-state index contributed by atoms with van der Waals surface area (Å²) in [6.07, 6.45) is 1.85. The Morgan fingerprint density at radius 2 is 1.48 bits per heavy atom. The summed E-state index contributed by atoms with van der Waals surface area (Å²) in [5.74, 6) is -0.112. The lowest BCUT2D eigenvalue weighted by Gasteiger charge is -2.24. The third kappa shape index (κ3) is 6.93. The standard InChI is InChI=1S/C27H32N2O3S/c1-20-10-8-13-24(17-20)27(23-11-6-5-7-12-23)28-26(30)14-9-15-29(33(4,31)32)25-18-21(2)16-22(3)19-25/h5-8,10-13,16-19,27H,9,14-15H2,1-4H3,(H,28,30). The molecule has 1 atom stereocenters. The summed E-state index contributed by atoms with van der Waals surface area (Å²) in [4.78, 5) is 12.9. The van der Waals surface area contributed by atoms with Crippen LogP contribution in [0.25, 0.3) is 0 Å². The highest BCUT2D eigenvalue weighted by Crippen LogP contribution is 2.24. The third-order valence-electron chi connectivity index (χ3n) is 5.47. The monoisotopic (exact) mass is 464 g/mol. The molecule has 1 unspecified atom stereocenters. The number of hydrogen-bond acceptors (Lipinski definition) is 3. The Labute approximate surface area is 197 Å². The molecule has 174 valence electrons. The molecular weight excluding hydrogens is 432 g/mol. The SMILES string of the molecule is Cc1cccc(C(NC(=O)CCCN(c2cc(C)cc(C)c2)S(C)(=O)=O)c2ccccc2)c1. The molecule has 0 bridgehead atoms. The van der Waals surface area contributed by atoms with Crippen LogP contribution >= 0.6 is 0 Å². The van der Waals surface area contributed by atoms with Crippen molar-refractivity contribution in [3.8, 4) is 0 Å². The van der Waals surface area contributed by atoms with Gasteiger partial charge in [-0.05, 0) is 61.6 Å². The quantitative estimate of drug-likeness (QED) is 0.481. The number of carbonyl (C=O) groups excluding carboxylic acids is 1. The maximum Gasteiger partial charge on any atom is 0.232 e. The van der Waals surface area contributed by atoms with E-state index >= 15 is 0 Å². The maximum atomic E-state index is 12.9. The van der Waals surface area contributed by atoms with Crippen LogP contribution < -0.4 is 9.62 Å². The minimum Gasteiger partial charge on any atom is -0.345 e. The summed E-state index contributed by atoms with van der Waals surface area (Å²) >= 11 is 0. The molecule has 33 heavy (non-hydrogen) atoms.